The van der Waals surface area contributed by atoms with E-state index in [1.807, 2.05) is 23.5 Å². The van der Waals surface area contributed by atoms with Crippen LogP contribution >= 0.6 is 23.5 Å². The maximum Gasteiger partial charge on any atom is 0.0995 e. The summed E-state index contributed by atoms with van der Waals surface area (Å²) in [6, 6.07) is 21.4. The number of thioether (sulfide) groups is 2. The Bertz CT molecular complexity index is 731. The number of rotatable bonds is 4. The first kappa shape index (κ1) is 16.9. The summed E-state index contributed by atoms with van der Waals surface area (Å²) in [6.45, 7) is 0.888. The normalized spacial score (nSPS) is 17.0. The van der Waals surface area contributed by atoms with Crippen molar-refractivity contribution in [1.82, 2.24) is 0 Å². The van der Waals surface area contributed by atoms with Gasteiger partial charge in [-0.25, -0.2) is 0 Å². The van der Waals surface area contributed by atoms with Crippen LogP contribution < -0.4 is 0 Å². The average Bonchev–Trinajstić information content (AvgIpc) is 2.69. The lowest BCUT2D eigenvalue weighted by molar-refractivity contribution is 0.173. The Labute approximate surface area is 158 Å². The fourth-order valence-corrected chi connectivity index (χ4v) is 5.81. The van der Waals surface area contributed by atoms with Crippen LogP contribution in [0.3, 0.4) is 0 Å². The molecule has 3 heteroatoms. The van der Waals surface area contributed by atoms with Gasteiger partial charge >= 0.3 is 0 Å². The van der Waals surface area contributed by atoms with E-state index in [1.54, 1.807) is 0 Å². The zero-order valence-electron chi connectivity index (χ0n) is 14.2. The van der Waals surface area contributed by atoms with Gasteiger partial charge < -0.3 is 4.74 Å². The molecule has 1 aliphatic heterocycles. The van der Waals surface area contributed by atoms with Gasteiger partial charge in [0.2, 0.25) is 0 Å². The van der Waals surface area contributed by atoms with Gasteiger partial charge in [-0.1, -0.05) is 59.9 Å². The van der Waals surface area contributed by atoms with Crippen molar-refractivity contribution in [3.63, 3.8) is 0 Å². The van der Waals surface area contributed by atoms with Gasteiger partial charge in [-0.05, 0) is 61.1 Å². The van der Waals surface area contributed by atoms with Crippen molar-refractivity contribution in [2.45, 2.75) is 41.9 Å². The number of hydrogen-bond acceptors (Lipinski definition) is 3. The molecule has 0 fully saturated rings. The minimum Gasteiger partial charge on any atom is -0.498 e. The smallest absolute Gasteiger partial charge is 0.0995 e. The molecular weight excluding hydrogens is 344 g/mol. The molecule has 0 N–H and O–H groups in total. The highest BCUT2D eigenvalue weighted by Gasteiger charge is 2.25. The van der Waals surface area contributed by atoms with E-state index < -0.39 is 0 Å². The highest BCUT2D eigenvalue weighted by atomic mass is 32.2. The molecule has 4 rings (SSSR count). The lowest BCUT2D eigenvalue weighted by Gasteiger charge is -2.29. The number of ether oxygens (including phenoxy) is 1. The molecule has 0 bridgehead atoms. The summed E-state index contributed by atoms with van der Waals surface area (Å²) in [5.74, 6) is 1.26. The Morgan fingerprint density at radius 2 is 1.36 bits per heavy atom. The molecular formula is C22H22OS2. The van der Waals surface area contributed by atoms with E-state index in [2.05, 4.69) is 60.7 Å². The van der Waals surface area contributed by atoms with Crippen LogP contribution in [0, 0.1) is 0 Å². The van der Waals surface area contributed by atoms with Crippen molar-refractivity contribution < 1.29 is 4.74 Å². The molecule has 0 unspecified atom stereocenters. The van der Waals surface area contributed by atoms with Crippen LogP contribution in [-0.4, -0.2) is 6.61 Å². The zero-order chi connectivity index (χ0) is 16.9. The molecule has 2 aromatic rings. The Morgan fingerprint density at radius 3 is 2.00 bits per heavy atom. The molecule has 2 aromatic carbocycles. The fourth-order valence-electron chi connectivity index (χ4n) is 3.35. The van der Waals surface area contributed by atoms with Crippen molar-refractivity contribution in [3.8, 4) is 0 Å². The SMILES string of the molecule is c1ccc(SC(Sc2ccccc2)=C2CCCC3=C2CCCO3)cc1. The minimum atomic E-state index is 0.888. The second-order valence-electron chi connectivity index (χ2n) is 6.30. The summed E-state index contributed by atoms with van der Waals surface area (Å²) in [4.78, 5) is 2.61. The van der Waals surface area contributed by atoms with Crippen LogP contribution in [0.25, 0.3) is 0 Å². The van der Waals surface area contributed by atoms with Crippen LogP contribution in [0.1, 0.15) is 32.1 Å². The summed E-state index contributed by atoms with van der Waals surface area (Å²) in [6.07, 6.45) is 5.78. The second kappa shape index (κ2) is 8.20. The summed E-state index contributed by atoms with van der Waals surface area (Å²) in [7, 11) is 0. The topological polar surface area (TPSA) is 9.23 Å². The lowest BCUT2D eigenvalue weighted by atomic mass is 9.89. The average molecular weight is 367 g/mol. The number of benzene rings is 2. The van der Waals surface area contributed by atoms with Crippen molar-refractivity contribution >= 4 is 23.5 Å². The van der Waals surface area contributed by atoms with E-state index in [1.165, 1.54) is 43.8 Å². The number of allylic oxidation sites excluding steroid dienone is 3. The Morgan fingerprint density at radius 1 is 0.720 bits per heavy atom. The highest BCUT2D eigenvalue weighted by Crippen LogP contribution is 2.47. The Hall–Kier alpha value is -1.58. The van der Waals surface area contributed by atoms with Gasteiger partial charge in [0.05, 0.1) is 16.6 Å². The molecule has 1 heterocycles. The molecule has 1 nitrogen and oxygen atoms in total. The summed E-state index contributed by atoms with van der Waals surface area (Å²) in [5.41, 5.74) is 3.00. The summed E-state index contributed by atoms with van der Waals surface area (Å²) in [5, 5.41) is 0. The fraction of sp³-hybridized carbons (Fsp3) is 0.273. The largest absolute Gasteiger partial charge is 0.498 e. The van der Waals surface area contributed by atoms with Crippen LogP contribution in [0.15, 0.2) is 91.6 Å². The molecule has 25 heavy (non-hydrogen) atoms. The molecule has 128 valence electrons. The van der Waals surface area contributed by atoms with Crippen molar-refractivity contribution in [3.05, 3.63) is 81.8 Å². The molecule has 0 radical (unpaired) electrons. The first-order chi connectivity index (χ1) is 12.4. The Kier molecular flexibility index (Phi) is 5.53. The quantitative estimate of drug-likeness (QED) is 0.537. The molecule has 0 atom stereocenters. The third kappa shape index (κ3) is 4.16. The standard InChI is InChI=1S/C22H22OS2/c1-3-9-17(10-4-1)24-22(25-18-11-5-2-6-12-18)20-13-7-15-21-19(20)14-8-16-23-21/h1-6,9-12H,7-8,13-16H2. The van der Waals surface area contributed by atoms with Gasteiger partial charge in [0.15, 0.2) is 0 Å². The van der Waals surface area contributed by atoms with E-state index in [4.69, 9.17) is 4.74 Å². The van der Waals surface area contributed by atoms with Gasteiger partial charge in [-0.2, -0.15) is 0 Å². The van der Waals surface area contributed by atoms with E-state index in [-0.39, 0.29) is 0 Å². The second-order valence-corrected chi connectivity index (χ2v) is 8.73. The van der Waals surface area contributed by atoms with E-state index in [0.29, 0.717) is 0 Å². The van der Waals surface area contributed by atoms with Crippen molar-refractivity contribution in [2.75, 3.05) is 6.61 Å². The molecule has 0 saturated heterocycles. The van der Waals surface area contributed by atoms with Crippen LogP contribution in [-0.2, 0) is 4.74 Å². The monoisotopic (exact) mass is 366 g/mol. The molecule has 2 aliphatic rings. The summed E-state index contributed by atoms with van der Waals surface area (Å²) >= 11 is 3.80. The predicted molar refractivity (Wildman–Crippen MR) is 108 cm³/mol. The first-order valence-corrected chi connectivity index (χ1v) is 10.6. The van der Waals surface area contributed by atoms with E-state index in [0.717, 1.165) is 25.9 Å². The summed E-state index contributed by atoms with van der Waals surface area (Å²) < 4.78 is 7.40. The molecule has 0 spiro atoms. The Balaban J connectivity index is 1.73. The van der Waals surface area contributed by atoms with Gasteiger partial charge in [-0.3, -0.25) is 0 Å². The van der Waals surface area contributed by atoms with Gasteiger partial charge in [-0.15, -0.1) is 0 Å². The zero-order valence-corrected chi connectivity index (χ0v) is 15.9. The minimum absolute atomic E-state index is 0.888. The predicted octanol–water partition coefficient (Wildman–Crippen LogP) is 7.03. The maximum absolute atomic E-state index is 5.99. The third-order valence-corrected chi connectivity index (χ3v) is 6.91. The van der Waals surface area contributed by atoms with Gasteiger partial charge in [0.1, 0.15) is 0 Å². The molecule has 0 saturated carbocycles. The van der Waals surface area contributed by atoms with Gasteiger partial charge in [0.25, 0.3) is 0 Å². The molecule has 0 aromatic heterocycles. The van der Waals surface area contributed by atoms with Gasteiger partial charge in [0, 0.05) is 16.2 Å². The highest BCUT2D eigenvalue weighted by molar-refractivity contribution is 8.22. The maximum atomic E-state index is 5.99. The van der Waals surface area contributed by atoms with E-state index in [9.17, 15) is 0 Å². The first-order valence-electron chi connectivity index (χ1n) is 8.94. The molecule has 0 amide bonds. The van der Waals surface area contributed by atoms with Crippen LogP contribution in [0.5, 0.6) is 0 Å². The van der Waals surface area contributed by atoms with Crippen LogP contribution in [0.2, 0.25) is 0 Å². The van der Waals surface area contributed by atoms with Crippen LogP contribution in [0.4, 0.5) is 0 Å². The lowest BCUT2D eigenvalue weighted by Crippen LogP contribution is -2.13. The number of hydrogen-bond donors (Lipinski definition) is 0. The van der Waals surface area contributed by atoms with Crippen molar-refractivity contribution in [2.24, 2.45) is 0 Å². The third-order valence-electron chi connectivity index (χ3n) is 4.53. The van der Waals surface area contributed by atoms with E-state index >= 15 is 0 Å². The van der Waals surface area contributed by atoms with Crippen molar-refractivity contribution in [1.29, 1.82) is 0 Å². The molecule has 1 aliphatic carbocycles.